The van der Waals surface area contributed by atoms with Gasteiger partial charge in [-0.3, -0.25) is 9.78 Å². The Hall–Kier alpha value is -2.16. The molecule has 0 saturated heterocycles. The van der Waals surface area contributed by atoms with Crippen LogP contribution in [0.3, 0.4) is 0 Å². The third-order valence-electron chi connectivity index (χ3n) is 3.18. The lowest BCUT2D eigenvalue weighted by Crippen LogP contribution is -2.22. The van der Waals surface area contributed by atoms with Crippen molar-refractivity contribution in [2.75, 3.05) is 0 Å². The van der Waals surface area contributed by atoms with Gasteiger partial charge in [-0.15, -0.1) is 0 Å². The monoisotopic (exact) mass is 254 g/mol. The van der Waals surface area contributed by atoms with Crippen molar-refractivity contribution in [2.24, 2.45) is 0 Å². The highest BCUT2D eigenvalue weighted by Crippen LogP contribution is 2.17. The van der Waals surface area contributed by atoms with Gasteiger partial charge in [0.25, 0.3) is 0 Å². The molecule has 2 rings (SSSR count). The normalized spacial score (nSPS) is 11.8. The molecule has 1 aromatic heterocycles. The van der Waals surface area contributed by atoms with Crippen molar-refractivity contribution in [3.05, 3.63) is 65.5 Å². The van der Waals surface area contributed by atoms with Crippen LogP contribution in [-0.2, 0) is 17.6 Å². The zero-order valence-electron chi connectivity index (χ0n) is 11.0. The predicted octanol–water partition coefficient (Wildman–Crippen LogP) is 2.67. The Labute approximate surface area is 113 Å². The van der Waals surface area contributed by atoms with E-state index in [4.69, 9.17) is 0 Å². The van der Waals surface area contributed by atoms with E-state index in [-0.39, 0.29) is 6.04 Å². The molecule has 0 spiro atoms. The van der Waals surface area contributed by atoms with E-state index >= 15 is 0 Å². The van der Waals surface area contributed by atoms with Crippen LogP contribution >= 0.6 is 0 Å². The van der Waals surface area contributed by atoms with Crippen LogP contribution < -0.4 is 5.32 Å². The summed E-state index contributed by atoms with van der Waals surface area (Å²) in [6.07, 6.45) is 4.34. The lowest BCUT2D eigenvalue weighted by atomic mass is 10.0. The number of carbonyl (C=O) groups excluding carboxylic acids is 1. The van der Waals surface area contributed by atoms with Crippen molar-refractivity contribution < 1.29 is 4.79 Å². The van der Waals surface area contributed by atoms with E-state index in [1.165, 1.54) is 5.56 Å². The lowest BCUT2D eigenvalue weighted by Gasteiger charge is -2.16. The smallest absolute Gasteiger partial charge is 0.207 e. The second kappa shape index (κ2) is 6.69. The van der Waals surface area contributed by atoms with Crippen molar-refractivity contribution in [2.45, 2.75) is 25.8 Å². The van der Waals surface area contributed by atoms with Crippen LogP contribution in [0.5, 0.6) is 0 Å². The molecule has 1 N–H and O–H groups in total. The van der Waals surface area contributed by atoms with E-state index in [2.05, 4.69) is 23.3 Å². The van der Waals surface area contributed by atoms with Gasteiger partial charge in [0.05, 0.1) is 6.04 Å². The number of hydrogen-bond acceptors (Lipinski definition) is 2. The van der Waals surface area contributed by atoms with Gasteiger partial charge in [0.1, 0.15) is 0 Å². The summed E-state index contributed by atoms with van der Waals surface area (Å²) in [5.74, 6) is 0. The maximum absolute atomic E-state index is 10.7. The van der Waals surface area contributed by atoms with Gasteiger partial charge in [0.15, 0.2) is 0 Å². The topological polar surface area (TPSA) is 42.0 Å². The third kappa shape index (κ3) is 3.65. The van der Waals surface area contributed by atoms with Gasteiger partial charge in [-0.1, -0.05) is 43.3 Å². The second-order valence-corrected chi connectivity index (χ2v) is 4.46. The largest absolute Gasteiger partial charge is 0.351 e. The minimum Gasteiger partial charge on any atom is -0.351 e. The lowest BCUT2D eigenvalue weighted by molar-refractivity contribution is -0.110. The third-order valence-corrected chi connectivity index (χ3v) is 3.18. The molecule has 0 saturated carbocycles. The van der Waals surface area contributed by atoms with Crippen molar-refractivity contribution in [1.82, 2.24) is 10.3 Å². The van der Waals surface area contributed by atoms with Crippen LogP contribution in [0.4, 0.5) is 0 Å². The highest BCUT2D eigenvalue weighted by atomic mass is 16.1. The molecule has 3 nitrogen and oxygen atoms in total. The molecule has 2 aromatic rings. The van der Waals surface area contributed by atoms with Crippen LogP contribution in [0, 0.1) is 0 Å². The van der Waals surface area contributed by atoms with E-state index < -0.39 is 0 Å². The summed E-state index contributed by atoms with van der Waals surface area (Å²) in [4.78, 5) is 15.2. The number of benzene rings is 1. The average Bonchev–Trinajstić information content (AvgIpc) is 2.48. The fourth-order valence-corrected chi connectivity index (χ4v) is 2.03. The summed E-state index contributed by atoms with van der Waals surface area (Å²) in [6.45, 7) is 2.11. The number of hydrogen-bond donors (Lipinski definition) is 1. The SMILES string of the molecule is CCc1ccc(CC(NC=O)c2ccccc2)nc1. The molecule has 0 fully saturated rings. The van der Waals surface area contributed by atoms with Gasteiger partial charge < -0.3 is 5.32 Å². The minimum atomic E-state index is -0.0290. The molecule has 19 heavy (non-hydrogen) atoms. The zero-order valence-corrected chi connectivity index (χ0v) is 11.0. The molecule has 98 valence electrons. The van der Waals surface area contributed by atoms with Gasteiger partial charge in [0, 0.05) is 18.3 Å². The summed E-state index contributed by atoms with van der Waals surface area (Å²) >= 11 is 0. The first kappa shape index (κ1) is 13.3. The predicted molar refractivity (Wildman–Crippen MR) is 75.7 cm³/mol. The van der Waals surface area contributed by atoms with E-state index in [0.717, 1.165) is 24.1 Å². The Kier molecular flexibility index (Phi) is 4.67. The van der Waals surface area contributed by atoms with Gasteiger partial charge in [0.2, 0.25) is 6.41 Å². The summed E-state index contributed by atoms with van der Waals surface area (Å²) in [5.41, 5.74) is 3.31. The standard InChI is InChI=1S/C16H18N2O/c1-2-13-8-9-15(17-11-13)10-16(18-12-19)14-6-4-3-5-7-14/h3-9,11-12,16H,2,10H2,1H3,(H,18,19). The number of nitrogens with zero attached hydrogens (tertiary/aromatic N) is 1. The molecule has 1 atom stereocenters. The molecule has 3 heteroatoms. The highest BCUT2D eigenvalue weighted by Gasteiger charge is 2.11. The van der Waals surface area contributed by atoms with Gasteiger partial charge in [-0.25, -0.2) is 0 Å². The van der Waals surface area contributed by atoms with Crippen LogP contribution in [-0.4, -0.2) is 11.4 Å². The molecule has 1 amide bonds. The van der Waals surface area contributed by atoms with E-state index in [1.54, 1.807) is 0 Å². The number of amides is 1. The molecule has 1 aromatic carbocycles. The second-order valence-electron chi connectivity index (χ2n) is 4.46. The number of pyridine rings is 1. The van der Waals surface area contributed by atoms with Crippen LogP contribution in [0.1, 0.15) is 29.8 Å². The van der Waals surface area contributed by atoms with E-state index in [9.17, 15) is 4.79 Å². The maximum atomic E-state index is 10.7. The van der Waals surface area contributed by atoms with Crippen molar-refractivity contribution in [3.8, 4) is 0 Å². The molecule has 1 heterocycles. The molecular weight excluding hydrogens is 236 g/mol. The Morgan fingerprint density at radius 3 is 2.58 bits per heavy atom. The fourth-order valence-electron chi connectivity index (χ4n) is 2.03. The summed E-state index contributed by atoms with van der Waals surface area (Å²) in [7, 11) is 0. The molecule has 0 aliphatic carbocycles. The quantitative estimate of drug-likeness (QED) is 0.805. The molecule has 1 unspecified atom stereocenters. The number of rotatable bonds is 6. The molecule has 0 aliphatic rings. The summed E-state index contributed by atoms with van der Waals surface area (Å²) < 4.78 is 0. The maximum Gasteiger partial charge on any atom is 0.207 e. The van der Waals surface area contributed by atoms with Crippen molar-refractivity contribution >= 4 is 6.41 Å². The first-order valence-electron chi connectivity index (χ1n) is 6.52. The number of aromatic nitrogens is 1. The Morgan fingerprint density at radius 2 is 2.00 bits per heavy atom. The van der Waals surface area contributed by atoms with E-state index in [1.807, 2.05) is 42.6 Å². The Bertz CT molecular complexity index is 508. The number of aryl methyl sites for hydroxylation is 1. The molecule has 0 bridgehead atoms. The zero-order chi connectivity index (χ0) is 13.5. The molecule has 0 radical (unpaired) electrons. The summed E-state index contributed by atoms with van der Waals surface area (Å²) in [5, 5.41) is 2.86. The van der Waals surface area contributed by atoms with Gasteiger partial charge in [-0.2, -0.15) is 0 Å². The Balaban J connectivity index is 2.14. The highest BCUT2D eigenvalue weighted by molar-refractivity contribution is 5.48. The molecule has 0 aliphatic heterocycles. The fraction of sp³-hybridized carbons (Fsp3) is 0.250. The van der Waals surface area contributed by atoms with E-state index in [0.29, 0.717) is 6.42 Å². The van der Waals surface area contributed by atoms with Crippen LogP contribution in [0.15, 0.2) is 48.7 Å². The number of carbonyl (C=O) groups is 1. The van der Waals surface area contributed by atoms with Crippen LogP contribution in [0.2, 0.25) is 0 Å². The molecular formula is C16H18N2O. The van der Waals surface area contributed by atoms with Crippen molar-refractivity contribution in [1.29, 1.82) is 0 Å². The summed E-state index contributed by atoms with van der Waals surface area (Å²) in [6, 6.07) is 14.0. The van der Waals surface area contributed by atoms with Crippen molar-refractivity contribution in [3.63, 3.8) is 0 Å². The van der Waals surface area contributed by atoms with Gasteiger partial charge >= 0.3 is 0 Å². The Morgan fingerprint density at radius 1 is 1.21 bits per heavy atom. The first-order valence-corrected chi connectivity index (χ1v) is 6.52. The number of nitrogens with one attached hydrogen (secondary N) is 1. The average molecular weight is 254 g/mol. The minimum absolute atomic E-state index is 0.0290. The van der Waals surface area contributed by atoms with Gasteiger partial charge in [-0.05, 0) is 23.6 Å². The first-order chi connectivity index (χ1) is 9.33. The van der Waals surface area contributed by atoms with Crippen LogP contribution in [0.25, 0.3) is 0 Å².